The van der Waals surface area contributed by atoms with Gasteiger partial charge in [0.15, 0.2) is 0 Å². The molecule has 1 saturated heterocycles. The summed E-state index contributed by atoms with van der Waals surface area (Å²) in [5, 5.41) is 12.8. The molecule has 0 aliphatic carbocycles. The van der Waals surface area contributed by atoms with Crippen LogP contribution in [0.25, 0.3) is 0 Å². The number of hydrogen-bond donors (Lipinski definition) is 3. The van der Waals surface area contributed by atoms with E-state index >= 15 is 0 Å². The summed E-state index contributed by atoms with van der Waals surface area (Å²) in [5.74, 6) is -1.67. The SMILES string of the molecule is COC(=O)[C@@H]1CCCN1C(=O)[C@H](CCCCN)N[C@@H](CCc1ccccc1)C(=O)O. The lowest BCUT2D eigenvalue weighted by Crippen LogP contribution is -2.54. The van der Waals surface area contributed by atoms with Crippen LogP contribution in [0, 0.1) is 0 Å². The fourth-order valence-electron chi connectivity index (χ4n) is 3.86. The minimum Gasteiger partial charge on any atom is -0.480 e. The van der Waals surface area contributed by atoms with Gasteiger partial charge in [0.2, 0.25) is 5.91 Å². The van der Waals surface area contributed by atoms with Crippen molar-refractivity contribution >= 4 is 17.8 Å². The summed E-state index contributed by atoms with van der Waals surface area (Å²) in [6.45, 7) is 0.973. The van der Waals surface area contributed by atoms with Gasteiger partial charge < -0.3 is 20.5 Å². The number of nitrogens with one attached hydrogen (secondary N) is 1. The summed E-state index contributed by atoms with van der Waals surface area (Å²) in [6, 6.07) is 7.50. The molecule has 0 saturated carbocycles. The smallest absolute Gasteiger partial charge is 0.328 e. The molecule has 1 aliphatic rings. The summed E-state index contributed by atoms with van der Waals surface area (Å²) in [4.78, 5) is 38.7. The number of carboxylic acid groups (broad SMARTS) is 1. The van der Waals surface area contributed by atoms with Crippen molar-refractivity contribution in [3.05, 3.63) is 35.9 Å². The van der Waals surface area contributed by atoms with Gasteiger partial charge in [0, 0.05) is 6.54 Å². The number of carbonyl (C=O) groups is 3. The van der Waals surface area contributed by atoms with Crippen molar-refractivity contribution in [2.24, 2.45) is 5.73 Å². The summed E-state index contributed by atoms with van der Waals surface area (Å²) in [5.41, 5.74) is 6.63. The highest BCUT2D eigenvalue weighted by atomic mass is 16.5. The third kappa shape index (κ3) is 6.81. The van der Waals surface area contributed by atoms with E-state index in [9.17, 15) is 19.5 Å². The van der Waals surface area contributed by atoms with Crippen molar-refractivity contribution in [1.82, 2.24) is 10.2 Å². The molecule has 0 spiro atoms. The number of aliphatic carboxylic acids is 1. The lowest BCUT2D eigenvalue weighted by Gasteiger charge is -2.30. The maximum atomic E-state index is 13.2. The van der Waals surface area contributed by atoms with Crippen molar-refractivity contribution in [2.75, 3.05) is 20.2 Å². The molecular weight excluding hydrogens is 386 g/mol. The number of esters is 1. The molecule has 1 aromatic rings. The lowest BCUT2D eigenvalue weighted by atomic mass is 10.0. The van der Waals surface area contributed by atoms with Crippen molar-refractivity contribution in [3.8, 4) is 0 Å². The second kappa shape index (κ2) is 12.3. The van der Waals surface area contributed by atoms with Crippen LogP contribution in [0.4, 0.5) is 0 Å². The van der Waals surface area contributed by atoms with E-state index in [1.54, 1.807) is 0 Å². The van der Waals surface area contributed by atoms with Crippen LogP contribution in [-0.2, 0) is 25.5 Å². The number of nitrogens with two attached hydrogens (primary N) is 1. The molecule has 1 aliphatic heterocycles. The van der Waals surface area contributed by atoms with Crippen molar-refractivity contribution < 1.29 is 24.2 Å². The Morgan fingerprint density at radius 3 is 2.57 bits per heavy atom. The number of carboxylic acids is 1. The molecule has 1 amide bonds. The number of nitrogens with zero attached hydrogens (tertiary/aromatic N) is 1. The minimum absolute atomic E-state index is 0.245. The van der Waals surface area contributed by atoms with Gasteiger partial charge in [-0.05, 0) is 50.6 Å². The molecule has 2 rings (SSSR count). The fourth-order valence-corrected chi connectivity index (χ4v) is 3.86. The highest BCUT2D eigenvalue weighted by molar-refractivity contribution is 5.88. The van der Waals surface area contributed by atoms with Gasteiger partial charge in [-0.25, -0.2) is 4.79 Å². The minimum atomic E-state index is -0.992. The zero-order chi connectivity index (χ0) is 21.9. The number of amides is 1. The Labute approximate surface area is 177 Å². The van der Waals surface area contributed by atoms with Crippen molar-refractivity contribution in [2.45, 2.75) is 63.1 Å². The Bertz CT molecular complexity index is 697. The van der Waals surface area contributed by atoms with Crippen LogP contribution >= 0.6 is 0 Å². The van der Waals surface area contributed by atoms with Crippen LogP contribution in [0.5, 0.6) is 0 Å². The van der Waals surface area contributed by atoms with E-state index in [1.807, 2.05) is 30.3 Å². The average Bonchev–Trinajstić information content (AvgIpc) is 3.25. The number of ether oxygens (including phenoxy) is 1. The molecule has 30 heavy (non-hydrogen) atoms. The van der Waals surface area contributed by atoms with Crippen LogP contribution in [0.2, 0.25) is 0 Å². The first kappa shape index (κ1) is 23.8. The maximum absolute atomic E-state index is 13.2. The maximum Gasteiger partial charge on any atom is 0.328 e. The van der Waals surface area contributed by atoms with E-state index in [0.717, 1.165) is 18.4 Å². The average molecular weight is 420 g/mol. The Morgan fingerprint density at radius 2 is 1.93 bits per heavy atom. The molecule has 0 aromatic heterocycles. The second-order valence-corrected chi connectivity index (χ2v) is 7.63. The van der Waals surface area contributed by atoms with Gasteiger partial charge in [0.05, 0.1) is 13.2 Å². The molecule has 0 radical (unpaired) electrons. The normalized spacial score (nSPS) is 18.1. The van der Waals surface area contributed by atoms with E-state index in [-0.39, 0.29) is 5.91 Å². The number of carbonyl (C=O) groups excluding carboxylic acids is 2. The predicted octanol–water partition coefficient (Wildman–Crippen LogP) is 1.32. The molecule has 8 nitrogen and oxygen atoms in total. The quantitative estimate of drug-likeness (QED) is 0.345. The number of benzene rings is 1. The zero-order valence-electron chi connectivity index (χ0n) is 17.6. The van der Waals surface area contributed by atoms with Crippen molar-refractivity contribution in [3.63, 3.8) is 0 Å². The highest BCUT2D eigenvalue weighted by Gasteiger charge is 2.38. The van der Waals surface area contributed by atoms with Gasteiger partial charge in [-0.2, -0.15) is 0 Å². The number of aryl methyl sites for hydroxylation is 1. The lowest BCUT2D eigenvalue weighted by molar-refractivity contribution is -0.152. The summed E-state index contributed by atoms with van der Waals surface area (Å²) >= 11 is 0. The fraction of sp³-hybridized carbons (Fsp3) is 0.591. The summed E-state index contributed by atoms with van der Waals surface area (Å²) in [7, 11) is 1.31. The molecule has 1 heterocycles. The van der Waals surface area contributed by atoms with E-state index < -0.39 is 30.1 Å². The van der Waals surface area contributed by atoms with Crippen LogP contribution < -0.4 is 11.1 Å². The Morgan fingerprint density at radius 1 is 1.20 bits per heavy atom. The third-order valence-electron chi connectivity index (χ3n) is 5.52. The van der Waals surface area contributed by atoms with Gasteiger partial charge in [-0.15, -0.1) is 0 Å². The molecule has 3 atom stereocenters. The third-order valence-corrected chi connectivity index (χ3v) is 5.52. The number of methoxy groups -OCH3 is 1. The molecule has 1 aromatic carbocycles. The highest BCUT2D eigenvalue weighted by Crippen LogP contribution is 2.21. The number of likely N-dealkylation sites (tertiary alicyclic amines) is 1. The Kier molecular flexibility index (Phi) is 9.76. The van der Waals surface area contributed by atoms with Gasteiger partial charge in [-0.1, -0.05) is 36.8 Å². The standard InChI is InChI=1S/C22H33N3O5/c1-30-22(29)19-11-7-15-25(19)20(26)17(10-5-6-14-23)24-18(21(27)28)13-12-16-8-3-2-4-9-16/h2-4,8-9,17-19,24H,5-7,10-15,23H2,1H3,(H,27,28)/t17-,18-,19-/m0/s1. The van der Waals surface area contributed by atoms with Gasteiger partial charge in [0.1, 0.15) is 12.1 Å². The van der Waals surface area contributed by atoms with Crippen LogP contribution in [0.15, 0.2) is 30.3 Å². The van der Waals surface area contributed by atoms with Crippen molar-refractivity contribution in [1.29, 1.82) is 0 Å². The topological polar surface area (TPSA) is 122 Å². The Balaban J connectivity index is 2.09. The molecule has 4 N–H and O–H groups in total. The van der Waals surface area contributed by atoms with Gasteiger partial charge in [0.25, 0.3) is 0 Å². The number of hydrogen-bond acceptors (Lipinski definition) is 6. The number of unbranched alkanes of at least 4 members (excludes halogenated alkanes) is 1. The Hall–Kier alpha value is -2.45. The van der Waals surface area contributed by atoms with E-state index in [0.29, 0.717) is 45.2 Å². The van der Waals surface area contributed by atoms with Gasteiger partial charge in [-0.3, -0.25) is 14.9 Å². The van der Waals surface area contributed by atoms with Crippen LogP contribution in [0.1, 0.15) is 44.1 Å². The summed E-state index contributed by atoms with van der Waals surface area (Å²) < 4.78 is 4.84. The molecule has 1 fully saturated rings. The van der Waals surface area contributed by atoms with Crippen LogP contribution in [0.3, 0.4) is 0 Å². The first-order valence-electron chi connectivity index (χ1n) is 10.6. The zero-order valence-corrected chi connectivity index (χ0v) is 17.6. The van der Waals surface area contributed by atoms with Gasteiger partial charge >= 0.3 is 11.9 Å². The first-order valence-corrected chi connectivity index (χ1v) is 10.6. The van der Waals surface area contributed by atoms with E-state index in [4.69, 9.17) is 10.5 Å². The first-order chi connectivity index (χ1) is 14.5. The molecule has 166 valence electrons. The summed E-state index contributed by atoms with van der Waals surface area (Å²) in [6.07, 6.45) is 4.13. The molecule has 0 bridgehead atoms. The molecule has 0 unspecified atom stereocenters. The van der Waals surface area contributed by atoms with E-state index in [2.05, 4.69) is 5.32 Å². The number of rotatable bonds is 12. The molecular formula is C22H33N3O5. The van der Waals surface area contributed by atoms with E-state index in [1.165, 1.54) is 12.0 Å². The monoisotopic (exact) mass is 419 g/mol. The van der Waals surface area contributed by atoms with Crippen LogP contribution in [-0.4, -0.2) is 66.2 Å². The second-order valence-electron chi connectivity index (χ2n) is 7.63. The molecule has 8 heteroatoms. The predicted molar refractivity (Wildman–Crippen MR) is 113 cm³/mol. The largest absolute Gasteiger partial charge is 0.480 e.